The summed E-state index contributed by atoms with van der Waals surface area (Å²) in [6.45, 7) is 0. The van der Waals surface area contributed by atoms with E-state index in [-0.39, 0.29) is 12.1 Å². The highest BCUT2D eigenvalue weighted by Crippen LogP contribution is 2.20. The second-order valence-corrected chi connectivity index (χ2v) is 4.06. The molecule has 0 aliphatic carbocycles. The maximum atomic E-state index is 10.5. The van der Waals surface area contributed by atoms with Gasteiger partial charge >= 0.3 is 5.97 Å². The Morgan fingerprint density at radius 3 is 2.65 bits per heavy atom. The molecule has 0 amide bonds. The number of aliphatic carboxylic acids is 1. The third kappa shape index (κ3) is 3.37. The number of hydrogen-bond donors (Lipinski definition) is 1. The lowest BCUT2D eigenvalue weighted by atomic mass is 10.2. The molecule has 0 fully saturated rings. The zero-order chi connectivity index (χ0) is 14.5. The van der Waals surface area contributed by atoms with Crippen LogP contribution in [-0.2, 0) is 11.2 Å². The van der Waals surface area contributed by atoms with Crippen LogP contribution in [-0.4, -0.2) is 26.1 Å². The molecule has 1 heterocycles. The molecule has 20 heavy (non-hydrogen) atoms. The van der Waals surface area contributed by atoms with Crippen molar-refractivity contribution in [3.05, 3.63) is 40.3 Å². The predicted molar refractivity (Wildman–Crippen MR) is 67.0 cm³/mol. The van der Waals surface area contributed by atoms with Crippen LogP contribution in [0.4, 0.5) is 5.69 Å². The maximum absolute atomic E-state index is 10.5. The molecule has 0 saturated heterocycles. The maximum Gasteiger partial charge on any atom is 0.303 e. The minimum Gasteiger partial charge on any atom is -0.481 e. The van der Waals surface area contributed by atoms with Gasteiger partial charge in [-0.2, -0.15) is 4.98 Å². The number of carboxylic acids is 1. The van der Waals surface area contributed by atoms with E-state index in [2.05, 4.69) is 10.1 Å². The van der Waals surface area contributed by atoms with Crippen LogP contribution in [0.1, 0.15) is 18.7 Å². The number of carboxylic acid groups (broad SMARTS) is 1. The van der Waals surface area contributed by atoms with Gasteiger partial charge in [-0.3, -0.25) is 14.9 Å². The SMILES string of the molecule is O=C(O)CCCc1nc(-c2ccc([N+](=O)[O-])cc2)no1. The minimum atomic E-state index is -0.875. The molecular formula is C12H11N3O5. The largest absolute Gasteiger partial charge is 0.481 e. The summed E-state index contributed by atoms with van der Waals surface area (Å²) in [4.78, 5) is 24.5. The van der Waals surface area contributed by atoms with E-state index in [1.165, 1.54) is 24.3 Å². The van der Waals surface area contributed by atoms with Crippen molar-refractivity contribution >= 4 is 11.7 Å². The van der Waals surface area contributed by atoms with E-state index in [0.29, 0.717) is 30.1 Å². The van der Waals surface area contributed by atoms with E-state index in [4.69, 9.17) is 9.63 Å². The van der Waals surface area contributed by atoms with Gasteiger partial charge in [-0.05, 0) is 18.6 Å². The number of nitrogens with zero attached hydrogens (tertiary/aromatic N) is 3. The fourth-order valence-electron chi connectivity index (χ4n) is 1.60. The highest BCUT2D eigenvalue weighted by Gasteiger charge is 2.11. The van der Waals surface area contributed by atoms with Gasteiger partial charge in [-0.15, -0.1) is 0 Å². The molecule has 0 radical (unpaired) electrons. The fraction of sp³-hybridized carbons (Fsp3) is 0.250. The second-order valence-electron chi connectivity index (χ2n) is 4.06. The third-order valence-corrected chi connectivity index (χ3v) is 2.59. The van der Waals surface area contributed by atoms with Gasteiger partial charge in [-0.1, -0.05) is 5.16 Å². The highest BCUT2D eigenvalue weighted by molar-refractivity contribution is 5.66. The first kappa shape index (κ1) is 13.7. The van der Waals surface area contributed by atoms with E-state index < -0.39 is 10.9 Å². The molecule has 0 spiro atoms. The van der Waals surface area contributed by atoms with Gasteiger partial charge < -0.3 is 9.63 Å². The van der Waals surface area contributed by atoms with Crippen molar-refractivity contribution in [3.8, 4) is 11.4 Å². The van der Waals surface area contributed by atoms with Crippen LogP contribution < -0.4 is 0 Å². The van der Waals surface area contributed by atoms with Crippen LogP contribution in [0.3, 0.4) is 0 Å². The molecule has 0 aliphatic heterocycles. The summed E-state index contributed by atoms with van der Waals surface area (Å²) in [5.41, 5.74) is 0.586. The van der Waals surface area contributed by atoms with E-state index in [1.54, 1.807) is 0 Å². The Hall–Kier alpha value is -2.77. The zero-order valence-electron chi connectivity index (χ0n) is 10.4. The Balaban J connectivity index is 2.04. The molecule has 0 saturated carbocycles. The quantitative estimate of drug-likeness (QED) is 0.633. The van der Waals surface area contributed by atoms with Crippen LogP contribution in [0.15, 0.2) is 28.8 Å². The molecule has 1 aromatic carbocycles. The Morgan fingerprint density at radius 1 is 1.35 bits per heavy atom. The minimum absolute atomic E-state index is 0.0149. The number of aromatic nitrogens is 2. The van der Waals surface area contributed by atoms with Crippen LogP contribution in [0.5, 0.6) is 0 Å². The normalized spacial score (nSPS) is 10.4. The first-order valence-electron chi connectivity index (χ1n) is 5.85. The number of rotatable bonds is 6. The third-order valence-electron chi connectivity index (χ3n) is 2.59. The van der Waals surface area contributed by atoms with E-state index >= 15 is 0 Å². The number of aryl methyl sites for hydroxylation is 1. The lowest BCUT2D eigenvalue weighted by Crippen LogP contribution is -1.96. The highest BCUT2D eigenvalue weighted by atomic mass is 16.6. The molecule has 0 aliphatic rings. The Morgan fingerprint density at radius 2 is 2.05 bits per heavy atom. The van der Waals surface area contributed by atoms with Crippen molar-refractivity contribution in [1.29, 1.82) is 0 Å². The second kappa shape index (κ2) is 5.91. The first-order valence-corrected chi connectivity index (χ1v) is 5.85. The topological polar surface area (TPSA) is 119 Å². The van der Waals surface area contributed by atoms with Crippen LogP contribution >= 0.6 is 0 Å². The summed E-state index contributed by atoms with van der Waals surface area (Å²) in [6.07, 6.45) is 0.832. The van der Waals surface area contributed by atoms with Gasteiger partial charge in [0.25, 0.3) is 5.69 Å². The summed E-state index contributed by atoms with van der Waals surface area (Å²) < 4.78 is 4.99. The van der Waals surface area contributed by atoms with Crippen molar-refractivity contribution < 1.29 is 19.3 Å². The Labute approximate surface area is 113 Å². The Kier molecular flexibility index (Phi) is 4.04. The van der Waals surface area contributed by atoms with Crippen LogP contribution in [0.25, 0.3) is 11.4 Å². The van der Waals surface area contributed by atoms with Gasteiger partial charge in [0.05, 0.1) is 4.92 Å². The van der Waals surface area contributed by atoms with Gasteiger partial charge in [-0.25, -0.2) is 0 Å². The first-order chi connectivity index (χ1) is 9.56. The van der Waals surface area contributed by atoms with Crippen molar-refractivity contribution in [2.24, 2.45) is 0 Å². The van der Waals surface area contributed by atoms with Crippen LogP contribution in [0, 0.1) is 10.1 Å². The molecule has 2 rings (SSSR count). The van der Waals surface area contributed by atoms with Crippen molar-refractivity contribution in [1.82, 2.24) is 10.1 Å². The Bertz CT molecular complexity index is 620. The van der Waals surface area contributed by atoms with Gasteiger partial charge in [0.15, 0.2) is 0 Å². The molecule has 0 bridgehead atoms. The lowest BCUT2D eigenvalue weighted by Gasteiger charge is -1.93. The fourth-order valence-corrected chi connectivity index (χ4v) is 1.60. The standard InChI is InChI=1S/C12H11N3O5/c16-11(17)3-1-2-10-13-12(14-20-10)8-4-6-9(7-5-8)15(18)19/h4-7H,1-3H2,(H,16,17). The van der Waals surface area contributed by atoms with E-state index in [1.807, 2.05) is 0 Å². The van der Waals surface area contributed by atoms with Gasteiger partial charge in [0, 0.05) is 30.5 Å². The smallest absolute Gasteiger partial charge is 0.303 e. The molecule has 0 unspecified atom stereocenters. The average molecular weight is 277 g/mol. The van der Waals surface area contributed by atoms with Crippen molar-refractivity contribution in [2.75, 3.05) is 0 Å². The van der Waals surface area contributed by atoms with Gasteiger partial charge in [0.1, 0.15) is 0 Å². The summed E-state index contributed by atoms with van der Waals surface area (Å²) in [6, 6.07) is 5.78. The number of nitro groups is 1. The van der Waals surface area contributed by atoms with Crippen molar-refractivity contribution in [3.63, 3.8) is 0 Å². The molecule has 1 N–H and O–H groups in total. The average Bonchev–Trinajstić information content (AvgIpc) is 2.87. The molecule has 8 heteroatoms. The monoisotopic (exact) mass is 277 g/mol. The summed E-state index contributed by atoms with van der Waals surface area (Å²) in [5.74, 6) is -0.204. The van der Waals surface area contributed by atoms with Crippen molar-refractivity contribution in [2.45, 2.75) is 19.3 Å². The van der Waals surface area contributed by atoms with E-state index in [9.17, 15) is 14.9 Å². The number of nitro benzene ring substituents is 1. The molecule has 8 nitrogen and oxygen atoms in total. The summed E-state index contributed by atoms with van der Waals surface area (Å²) in [5, 5.41) is 22.8. The summed E-state index contributed by atoms with van der Waals surface area (Å²) >= 11 is 0. The predicted octanol–water partition coefficient (Wildman–Crippen LogP) is 2.05. The molecule has 2 aromatic rings. The zero-order valence-corrected chi connectivity index (χ0v) is 10.4. The number of non-ortho nitro benzene ring substituents is 1. The number of carbonyl (C=O) groups is 1. The molecule has 0 atom stereocenters. The number of hydrogen-bond acceptors (Lipinski definition) is 6. The van der Waals surface area contributed by atoms with E-state index in [0.717, 1.165) is 0 Å². The molecule has 1 aromatic heterocycles. The number of benzene rings is 1. The molecular weight excluding hydrogens is 266 g/mol. The lowest BCUT2D eigenvalue weighted by molar-refractivity contribution is -0.384. The van der Waals surface area contributed by atoms with Gasteiger partial charge in [0.2, 0.25) is 11.7 Å². The molecule has 104 valence electrons. The van der Waals surface area contributed by atoms with Crippen LogP contribution in [0.2, 0.25) is 0 Å². The summed E-state index contributed by atoms with van der Waals surface area (Å²) in [7, 11) is 0.